The normalized spacial score (nSPS) is 23.5. The maximum atomic E-state index is 11.9. The lowest BCUT2D eigenvalue weighted by molar-refractivity contribution is -0.274. The van der Waals surface area contributed by atoms with Gasteiger partial charge in [-0.1, -0.05) is 12.1 Å². The van der Waals surface area contributed by atoms with Crippen LogP contribution in [0.15, 0.2) is 36.5 Å². The van der Waals surface area contributed by atoms with E-state index in [1.54, 1.807) is 0 Å². The highest BCUT2D eigenvalue weighted by molar-refractivity contribution is 5.33. The van der Waals surface area contributed by atoms with E-state index < -0.39 is 12.1 Å². The smallest absolute Gasteiger partial charge is 0.406 e. The van der Waals surface area contributed by atoms with Crippen molar-refractivity contribution in [3.8, 4) is 5.75 Å². The van der Waals surface area contributed by atoms with Crippen LogP contribution in [-0.4, -0.2) is 11.5 Å². The minimum atomic E-state index is -4.72. The van der Waals surface area contributed by atoms with Crippen LogP contribution in [-0.2, 0) is 5.72 Å². The number of benzene rings is 1. The first-order chi connectivity index (χ1) is 7.89. The Balaban J connectivity index is 2.16. The number of rotatable bonds is 2. The van der Waals surface area contributed by atoms with Crippen molar-refractivity contribution in [2.24, 2.45) is 0 Å². The molecule has 1 aromatic rings. The van der Waals surface area contributed by atoms with Gasteiger partial charge in [-0.25, -0.2) is 0 Å². The van der Waals surface area contributed by atoms with Gasteiger partial charge >= 0.3 is 6.36 Å². The molecule has 0 radical (unpaired) electrons. The topological polar surface area (TPSA) is 53.5 Å². The van der Waals surface area contributed by atoms with Gasteiger partial charge in [-0.15, -0.1) is 13.2 Å². The molecule has 0 bridgehead atoms. The second-order valence-corrected chi connectivity index (χ2v) is 3.44. The van der Waals surface area contributed by atoms with Crippen LogP contribution in [0.25, 0.3) is 0 Å². The Bertz CT molecular complexity index is 430. The maximum absolute atomic E-state index is 11.9. The zero-order valence-electron chi connectivity index (χ0n) is 8.45. The predicted molar refractivity (Wildman–Crippen MR) is 52.4 cm³/mol. The average Bonchev–Trinajstić information content (AvgIpc) is 2.65. The highest BCUT2D eigenvalue weighted by Crippen LogP contribution is 2.26. The lowest BCUT2D eigenvalue weighted by atomic mass is 10.0. The van der Waals surface area contributed by atoms with E-state index >= 15 is 0 Å². The monoisotopic (exact) mass is 246 g/mol. The summed E-state index contributed by atoms with van der Waals surface area (Å²) >= 11 is 0. The fourth-order valence-corrected chi connectivity index (χ4v) is 1.43. The van der Waals surface area contributed by atoms with Gasteiger partial charge in [0, 0.05) is 11.8 Å². The van der Waals surface area contributed by atoms with Crippen LogP contribution in [0.2, 0.25) is 0 Å². The largest absolute Gasteiger partial charge is 0.573 e. The lowest BCUT2D eigenvalue weighted by Gasteiger charge is -2.21. The molecule has 17 heavy (non-hydrogen) atoms. The molecule has 0 spiro atoms. The average molecular weight is 246 g/mol. The van der Waals surface area contributed by atoms with Crippen molar-refractivity contribution in [2.45, 2.75) is 12.1 Å². The molecule has 1 unspecified atom stereocenters. The first-order valence-electron chi connectivity index (χ1n) is 4.68. The molecule has 1 aliphatic heterocycles. The summed E-state index contributed by atoms with van der Waals surface area (Å²) in [6.45, 7) is 0. The molecule has 0 saturated carbocycles. The van der Waals surface area contributed by atoms with Crippen LogP contribution < -0.4 is 15.6 Å². The van der Waals surface area contributed by atoms with E-state index in [-0.39, 0.29) is 5.75 Å². The highest BCUT2D eigenvalue weighted by atomic mass is 19.4. The van der Waals surface area contributed by atoms with Gasteiger partial charge < -0.3 is 15.3 Å². The predicted octanol–water partition coefficient (Wildman–Crippen LogP) is 1.35. The molecule has 1 aromatic carbocycles. The summed E-state index contributed by atoms with van der Waals surface area (Å²) in [5, 5.41) is 9.96. The molecule has 1 heterocycles. The summed E-state index contributed by atoms with van der Waals surface area (Å²) in [5.74, 6) is -0.334. The zero-order chi connectivity index (χ0) is 12.5. The Morgan fingerprint density at radius 1 is 1.18 bits per heavy atom. The Morgan fingerprint density at radius 3 is 2.29 bits per heavy atom. The molecule has 92 valence electrons. The van der Waals surface area contributed by atoms with Gasteiger partial charge in [0.05, 0.1) is 0 Å². The van der Waals surface area contributed by atoms with Crippen LogP contribution in [0, 0.1) is 0 Å². The van der Waals surface area contributed by atoms with Gasteiger partial charge in [0.2, 0.25) is 0 Å². The molecule has 1 atom stereocenters. The number of hydrogen-bond acceptors (Lipinski definition) is 4. The van der Waals surface area contributed by atoms with Gasteiger partial charge in [0.25, 0.3) is 0 Å². The van der Waals surface area contributed by atoms with E-state index in [1.165, 1.54) is 24.4 Å². The molecule has 0 aliphatic carbocycles. The summed E-state index contributed by atoms with van der Waals surface area (Å²) < 4.78 is 39.5. The number of hydrazine groups is 1. The van der Waals surface area contributed by atoms with E-state index in [0.29, 0.717) is 5.56 Å². The molecule has 0 saturated heterocycles. The fourth-order valence-electron chi connectivity index (χ4n) is 1.43. The third kappa shape index (κ3) is 2.69. The highest BCUT2D eigenvalue weighted by Gasteiger charge is 2.32. The van der Waals surface area contributed by atoms with Crippen molar-refractivity contribution in [3.63, 3.8) is 0 Å². The van der Waals surface area contributed by atoms with Crippen molar-refractivity contribution >= 4 is 0 Å². The summed E-state index contributed by atoms with van der Waals surface area (Å²) in [5.41, 5.74) is 4.10. The Labute approximate surface area is 94.7 Å². The Hall–Kier alpha value is -1.73. The third-order valence-corrected chi connectivity index (χ3v) is 2.20. The zero-order valence-corrected chi connectivity index (χ0v) is 8.45. The van der Waals surface area contributed by atoms with Crippen LogP contribution >= 0.6 is 0 Å². The maximum Gasteiger partial charge on any atom is 0.573 e. The van der Waals surface area contributed by atoms with Crippen LogP contribution in [0.3, 0.4) is 0 Å². The van der Waals surface area contributed by atoms with Crippen molar-refractivity contribution in [3.05, 3.63) is 42.1 Å². The minimum Gasteiger partial charge on any atom is -0.406 e. The summed E-state index contributed by atoms with van der Waals surface area (Å²) in [6, 6.07) is 4.94. The van der Waals surface area contributed by atoms with Gasteiger partial charge in [-0.05, 0) is 18.2 Å². The van der Waals surface area contributed by atoms with Crippen LogP contribution in [0.5, 0.6) is 5.75 Å². The summed E-state index contributed by atoms with van der Waals surface area (Å²) in [4.78, 5) is 0. The lowest BCUT2D eigenvalue weighted by Crippen LogP contribution is -2.41. The van der Waals surface area contributed by atoms with Crippen molar-refractivity contribution in [1.29, 1.82) is 0 Å². The van der Waals surface area contributed by atoms with Crippen LogP contribution in [0.4, 0.5) is 13.2 Å². The van der Waals surface area contributed by atoms with E-state index in [1.807, 2.05) is 0 Å². The molecule has 2 rings (SSSR count). The second-order valence-electron chi connectivity index (χ2n) is 3.44. The molecule has 7 heteroatoms. The Morgan fingerprint density at radius 2 is 1.82 bits per heavy atom. The van der Waals surface area contributed by atoms with Gasteiger partial charge in [0.1, 0.15) is 5.75 Å². The van der Waals surface area contributed by atoms with Crippen molar-refractivity contribution in [2.75, 3.05) is 0 Å². The SMILES string of the molecule is OC1(c2ccc(OC(F)(F)F)cc2)C=CNN1. The molecule has 3 N–H and O–H groups in total. The number of alkyl halides is 3. The first-order valence-corrected chi connectivity index (χ1v) is 4.68. The van der Waals surface area contributed by atoms with Crippen molar-refractivity contribution < 1.29 is 23.0 Å². The molecule has 0 aromatic heterocycles. The standard InChI is InChI=1S/C10H9F3N2O2/c11-10(12,13)17-8-3-1-7(2-4-8)9(16)5-6-14-15-9/h1-6,14-16H. The first kappa shape index (κ1) is 11.7. The molecule has 0 fully saturated rings. The fraction of sp³-hybridized carbons (Fsp3) is 0.200. The van der Waals surface area contributed by atoms with E-state index in [4.69, 9.17) is 0 Å². The molecular weight excluding hydrogens is 237 g/mol. The molecule has 0 amide bonds. The van der Waals surface area contributed by atoms with Gasteiger partial charge in [0.15, 0.2) is 5.72 Å². The number of nitrogens with one attached hydrogen (secondary N) is 2. The van der Waals surface area contributed by atoms with Gasteiger partial charge in [-0.3, -0.25) is 0 Å². The number of aliphatic hydroxyl groups is 1. The summed E-state index contributed by atoms with van der Waals surface area (Å²) in [7, 11) is 0. The van der Waals surface area contributed by atoms with E-state index in [9.17, 15) is 18.3 Å². The van der Waals surface area contributed by atoms with E-state index in [2.05, 4.69) is 15.6 Å². The Kier molecular flexibility index (Phi) is 2.72. The van der Waals surface area contributed by atoms with E-state index in [0.717, 1.165) is 12.1 Å². The quantitative estimate of drug-likeness (QED) is 0.737. The number of halogens is 3. The number of ether oxygens (including phenoxy) is 1. The third-order valence-electron chi connectivity index (χ3n) is 2.20. The van der Waals surface area contributed by atoms with Crippen LogP contribution in [0.1, 0.15) is 5.56 Å². The summed E-state index contributed by atoms with van der Waals surface area (Å²) in [6.07, 6.45) is -1.79. The number of hydrogen-bond donors (Lipinski definition) is 3. The molecular formula is C10H9F3N2O2. The second kappa shape index (κ2) is 3.94. The molecule has 4 nitrogen and oxygen atoms in total. The molecule has 1 aliphatic rings. The van der Waals surface area contributed by atoms with Crippen molar-refractivity contribution in [1.82, 2.24) is 10.9 Å². The van der Waals surface area contributed by atoms with Gasteiger partial charge in [-0.2, -0.15) is 5.43 Å². The minimum absolute atomic E-state index is 0.334.